The Hall–Kier alpha value is -2.73. The molecule has 0 aliphatic heterocycles. The van der Waals surface area contributed by atoms with E-state index in [2.05, 4.69) is 15.0 Å². The smallest absolute Gasteiger partial charge is 0.228 e. The van der Waals surface area contributed by atoms with Gasteiger partial charge in [0.05, 0.1) is 28.7 Å². The van der Waals surface area contributed by atoms with Gasteiger partial charge in [-0.05, 0) is 36.8 Å². The standard InChI is InChI=1S/C20H19ClN4O2/c21-15-12-24-17(11-18-23-9-10-27-18)25-16(15)6-5-13-3-1-2-4-14(13)20(7-8-20)19(22)26/h1-4,9-10,12H,5-8,11H2,(H2,22,26). The number of aromatic nitrogens is 3. The fourth-order valence-corrected chi connectivity index (χ4v) is 3.60. The molecule has 6 nitrogen and oxygen atoms in total. The molecule has 138 valence electrons. The van der Waals surface area contributed by atoms with Crippen LogP contribution in [-0.4, -0.2) is 20.9 Å². The van der Waals surface area contributed by atoms with Gasteiger partial charge in [0.2, 0.25) is 11.8 Å². The summed E-state index contributed by atoms with van der Waals surface area (Å²) in [6, 6.07) is 7.98. The van der Waals surface area contributed by atoms with Crippen LogP contribution in [0.25, 0.3) is 0 Å². The summed E-state index contributed by atoms with van der Waals surface area (Å²) in [4.78, 5) is 24.8. The molecule has 2 aromatic heterocycles. The zero-order valence-corrected chi connectivity index (χ0v) is 15.4. The van der Waals surface area contributed by atoms with Crippen molar-refractivity contribution < 1.29 is 9.21 Å². The maximum Gasteiger partial charge on any atom is 0.228 e. The average molecular weight is 383 g/mol. The summed E-state index contributed by atoms with van der Waals surface area (Å²) in [7, 11) is 0. The minimum absolute atomic E-state index is 0.247. The van der Waals surface area contributed by atoms with Crippen molar-refractivity contribution in [1.82, 2.24) is 15.0 Å². The average Bonchev–Trinajstić information content (AvgIpc) is 3.33. The normalized spacial score (nSPS) is 14.9. The highest BCUT2D eigenvalue weighted by atomic mass is 35.5. The molecule has 27 heavy (non-hydrogen) atoms. The number of rotatable bonds is 7. The third-order valence-corrected chi connectivity index (χ3v) is 5.36. The zero-order valence-electron chi connectivity index (χ0n) is 14.7. The molecule has 1 amide bonds. The van der Waals surface area contributed by atoms with Crippen molar-refractivity contribution in [2.75, 3.05) is 0 Å². The molecule has 0 radical (unpaired) electrons. The first-order chi connectivity index (χ1) is 13.1. The van der Waals surface area contributed by atoms with Crippen molar-refractivity contribution in [3.8, 4) is 0 Å². The van der Waals surface area contributed by atoms with Gasteiger partial charge < -0.3 is 10.2 Å². The molecule has 0 unspecified atom stereocenters. The molecule has 0 spiro atoms. The van der Waals surface area contributed by atoms with Crippen molar-refractivity contribution >= 4 is 17.5 Å². The Bertz CT molecular complexity index is 968. The van der Waals surface area contributed by atoms with Gasteiger partial charge in [0.15, 0.2) is 0 Å². The molecule has 1 fully saturated rings. The highest BCUT2D eigenvalue weighted by molar-refractivity contribution is 6.31. The molecule has 1 aliphatic rings. The molecule has 1 aliphatic carbocycles. The summed E-state index contributed by atoms with van der Waals surface area (Å²) in [5, 5.41) is 0.527. The topological polar surface area (TPSA) is 94.9 Å². The van der Waals surface area contributed by atoms with Crippen LogP contribution in [0.15, 0.2) is 47.3 Å². The fraction of sp³-hybridized carbons (Fsp3) is 0.300. The van der Waals surface area contributed by atoms with Gasteiger partial charge in [-0.3, -0.25) is 4.79 Å². The van der Waals surface area contributed by atoms with Crippen LogP contribution in [0.3, 0.4) is 0 Å². The minimum Gasteiger partial charge on any atom is -0.449 e. The van der Waals surface area contributed by atoms with Crippen LogP contribution < -0.4 is 5.73 Å². The van der Waals surface area contributed by atoms with Crippen LogP contribution in [0.4, 0.5) is 0 Å². The number of benzene rings is 1. The van der Waals surface area contributed by atoms with Crippen LogP contribution in [-0.2, 0) is 29.5 Å². The Balaban J connectivity index is 1.54. The summed E-state index contributed by atoms with van der Waals surface area (Å²) in [6.07, 6.45) is 8.14. The SMILES string of the molecule is NC(=O)C1(c2ccccc2CCc2nc(Cc3ncco3)ncc2Cl)CC1. The number of amides is 1. The van der Waals surface area contributed by atoms with Gasteiger partial charge in [-0.1, -0.05) is 35.9 Å². The number of carbonyl (C=O) groups excluding carboxylic acids is 1. The third-order valence-electron chi connectivity index (χ3n) is 5.05. The Morgan fingerprint density at radius 2 is 2.04 bits per heavy atom. The molecule has 0 bridgehead atoms. The Morgan fingerprint density at radius 3 is 2.74 bits per heavy atom. The number of carbonyl (C=O) groups is 1. The lowest BCUT2D eigenvalue weighted by Gasteiger charge is -2.16. The number of oxazole rings is 1. The molecule has 1 aromatic carbocycles. The van der Waals surface area contributed by atoms with Crippen molar-refractivity contribution in [2.45, 2.75) is 37.5 Å². The van der Waals surface area contributed by atoms with E-state index < -0.39 is 5.41 Å². The quantitative estimate of drug-likeness (QED) is 0.677. The number of nitrogens with zero attached hydrogens (tertiary/aromatic N) is 3. The van der Waals surface area contributed by atoms with Crippen LogP contribution in [0.1, 0.15) is 41.4 Å². The first-order valence-electron chi connectivity index (χ1n) is 8.85. The predicted molar refractivity (Wildman–Crippen MR) is 100 cm³/mol. The largest absolute Gasteiger partial charge is 0.449 e. The fourth-order valence-electron chi connectivity index (χ4n) is 3.41. The van der Waals surface area contributed by atoms with Crippen LogP contribution in [0.2, 0.25) is 5.02 Å². The lowest BCUT2D eigenvalue weighted by Crippen LogP contribution is -2.29. The highest BCUT2D eigenvalue weighted by Gasteiger charge is 2.50. The molecular formula is C20H19ClN4O2. The molecule has 2 N–H and O–H groups in total. The van der Waals surface area contributed by atoms with E-state index in [0.717, 1.165) is 36.1 Å². The highest BCUT2D eigenvalue weighted by Crippen LogP contribution is 2.49. The van der Waals surface area contributed by atoms with Gasteiger partial charge >= 0.3 is 0 Å². The Labute approximate surface area is 161 Å². The summed E-state index contributed by atoms with van der Waals surface area (Å²) < 4.78 is 5.25. The van der Waals surface area contributed by atoms with E-state index in [9.17, 15) is 4.79 Å². The van der Waals surface area contributed by atoms with E-state index in [0.29, 0.717) is 29.6 Å². The third kappa shape index (κ3) is 3.57. The molecule has 1 saturated carbocycles. The van der Waals surface area contributed by atoms with Gasteiger partial charge in [-0.2, -0.15) is 0 Å². The maximum atomic E-state index is 11.9. The number of nitrogens with two attached hydrogens (primary N) is 1. The number of aryl methyl sites for hydroxylation is 2. The Kier molecular flexibility index (Phi) is 4.66. The van der Waals surface area contributed by atoms with E-state index in [-0.39, 0.29) is 5.91 Å². The first-order valence-corrected chi connectivity index (χ1v) is 9.23. The molecule has 0 saturated heterocycles. The molecule has 3 aromatic rings. The van der Waals surface area contributed by atoms with Crippen LogP contribution >= 0.6 is 11.6 Å². The predicted octanol–water partition coefficient (Wildman–Crippen LogP) is 3.01. The number of halogens is 1. The molecule has 7 heteroatoms. The number of primary amides is 1. The molecule has 0 atom stereocenters. The number of hydrogen-bond donors (Lipinski definition) is 1. The molecule has 2 heterocycles. The molecular weight excluding hydrogens is 364 g/mol. The van der Waals surface area contributed by atoms with Gasteiger partial charge in [0.1, 0.15) is 12.1 Å². The number of hydrogen-bond acceptors (Lipinski definition) is 5. The van der Waals surface area contributed by atoms with E-state index in [4.69, 9.17) is 21.8 Å². The van der Waals surface area contributed by atoms with Gasteiger partial charge in [-0.15, -0.1) is 0 Å². The van der Waals surface area contributed by atoms with Crippen LogP contribution in [0, 0.1) is 0 Å². The van der Waals surface area contributed by atoms with Crippen molar-refractivity contribution in [2.24, 2.45) is 5.73 Å². The monoisotopic (exact) mass is 382 g/mol. The maximum absolute atomic E-state index is 11.9. The minimum atomic E-state index is -0.498. The summed E-state index contributed by atoms with van der Waals surface area (Å²) in [5.41, 5.74) is 8.07. The molecule has 4 rings (SSSR count). The van der Waals surface area contributed by atoms with E-state index >= 15 is 0 Å². The van der Waals surface area contributed by atoms with E-state index in [1.807, 2.05) is 24.3 Å². The second-order valence-electron chi connectivity index (χ2n) is 6.79. The lowest BCUT2D eigenvalue weighted by molar-refractivity contribution is -0.120. The second kappa shape index (κ2) is 7.12. The van der Waals surface area contributed by atoms with Gasteiger partial charge in [-0.25, -0.2) is 15.0 Å². The lowest BCUT2D eigenvalue weighted by atomic mass is 9.88. The summed E-state index contributed by atoms with van der Waals surface area (Å²) in [6.45, 7) is 0. The van der Waals surface area contributed by atoms with E-state index in [1.165, 1.54) is 6.26 Å². The second-order valence-corrected chi connectivity index (χ2v) is 7.19. The van der Waals surface area contributed by atoms with Crippen molar-refractivity contribution in [3.05, 3.63) is 76.5 Å². The van der Waals surface area contributed by atoms with Gasteiger partial charge in [0.25, 0.3) is 0 Å². The summed E-state index contributed by atoms with van der Waals surface area (Å²) >= 11 is 6.30. The Morgan fingerprint density at radius 1 is 1.22 bits per heavy atom. The zero-order chi connectivity index (χ0) is 18.9. The summed E-state index contributed by atoms with van der Waals surface area (Å²) in [5.74, 6) is 0.926. The van der Waals surface area contributed by atoms with Crippen molar-refractivity contribution in [1.29, 1.82) is 0 Å². The van der Waals surface area contributed by atoms with Crippen LogP contribution in [0.5, 0.6) is 0 Å². The first kappa shape index (κ1) is 17.7. The van der Waals surface area contributed by atoms with E-state index in [1.54, 1.807) is 12.4 Å². The van der Waals surface area contributed by atoms with Gasteiger partial charge in [0, 0.05) is 6.20 Å². The van der Waals surface area contributed by atoms with Crippen molar-refractivity contribution in [3.63, 3.8) is 0 Å².